The van der Waals surface area contributed by atoms with Crippen molar-refractivity contribution in [1.82, 2.24) is 0 Å². The molecule has 0 fully saturated rings. The Balaban J connectivity index is 1.07. The molecule has 2 heteroatoms. The fourth-order valence-corrected chi connectivity index (χ4v) is 8.13. The molecular formula is C49H44N2. The van der Waals surface area contributed by atoms with E-state index in [-0.39, 0.29) is 5.41 Å². The first-order valence-corrected chi connectivity index (χ1v) is 18.3. The lowest BCUT2D eigenvalue weighted by atomic mass is 9.73. The summed E-state index contributed by atoms with van der Waals surface area (Å²) >= 11 is 0. The summed E-state index contributed by atoms with van der Waals surface area (Å²) in [6.07, 6.45) is 14.8. The molecule has 0 saturated carbocycles. The molecular weight excluding hydrogens is 617 g/mol. The molecule has 0 amide bonds. The fourth-order valence-electron chi connectivity index (χ4n) is 8.13. The van der Waals surface area contributed by atoms with Gasteiger partial charge < -0.3 is 9.80 Å². The van der Waals surface area contributed by atoms with Crippen molar-refractivity contribution in [2.45, 2.75) is 38.5 Å². The van der Waals surface area contributed by atoms with Gasteiger partial charge in [0.25, 0.3) is 0 Å². The zero-order valence-electron chi connectivity index (χ0n) is 29.5. The molecule has 0 spiro atoms. The third-order valence-electron chi connectivity index (χ3n) is 10.8. The Kier molecular flexibility index (Phi) is 8.99. The Morgan fingerprint density at radius 1 is 0.549 bits per heavy atom. The first-order valence-electron chi connectivity index (χ1n) is 18.3. The maximum Gasteiger partial charge on any atom is 0.0465 e. The molecule has 0 saturated heterocycles. The van der Waals surface area contributed by atoms with E-state index in [2.05, 4.69) is 212 Å². The molecule has 0 aromatic heterocycles. The highest BCUT2D eigenvalue weighted by molar-refractivity contribution is 5.86. The third-order valence-corrected chi connectivity index (χ3v) is 10.8. The minimum atomic E-state index is -0.0374. The molecule has 250 valence electrons. The zero-order valence-corrected chi connectivity index (χ0v) is 29.5. The molecule has 6 aromatic rings. The van der Waals surface area contributed by atoms with Gasteiger partial charge in [-0.15, -0.1) is 0 Å². The van der Waals surface area contributed by atoms with E-state index in [1.807, 2.05) is 0 Å². The van der Waals surface area contributed by atoms with Crippen LogP contribution in [0.3, 0.4) is 0 Å². The Labute approximate surface area is 303 Å². The van der Waals surface area contributed by atoms with Gasteiger partial charge in [0.05, 0.1) is 0 Å². The smallest absolute Gasteiger partial charge is 0.0465 e. The van der Waals surface area contributed by atoms with Gasteiger partial charge in [0, 0.05) is 39.5 Å². The highest BCUT2D eigenvalue weighted by atomic mass is 15.1. The molecule has 1 unspecified atom stereocenters. The van der Waals surface area contributed by atoms with Gasteiger partial charge in [0.2, 0.25) is 0 Å². The zero-order chi connectivity index (χ0) is 34.6. The van der Waals surface area contributed by atoms with Crippen molar-refractivity contribution in [2.24, 2.45) is 5.92 Å². The van der Waals surface area contributed by atoms with Crippen molar-refractivity contribution in [3.05, 3.63) is 204 Å². The Morgan fingerprint density at radius 3 is 1.53 bits per heavy atom. The van der Waals surface area contributed by atoms with Gasteiger partial charge in [-0.3, -0.25) is 0 Å². The number of allylic oxidation sites excluding steroid dienone is 4. The lowest BCUT2D eigenvalue weighted by Crippen LogP contribution is -2.23. The van der Waals surface area contributed by atoms with E-state index >= 15 is 0 Å². The summed E-state index contributed by atoms with van der Waals surface area (Å²) in [5, 5.41) is 0. The topological polar surface area (TPSA) is 6.48 Å². The predicted molar refractivity (Wildman–Crippen MR) is 217 cm³/mol. The number of anilines is 5. The van der Waals surface area contributed by atoms with E-state index in [1.165, 1.54) is 50.6 Å². The van der Waals surface area contributed by atoms with Crippen molar-refractivity contribution in [3.63, 3.8) is 0 Å². The maximum absolute atomic E-state index is 2.46. The number of hydrogen-bond donors (Lipinski definition) is 0. The second-order valence-electron chi connectivity index (χ2n) is 13.6. The van der Waals surface area contributed by atoms with Crippen LogP contribution < -0.4 is 9.80 Å². The molecule has 0 N–H and O–H groups in total. The molecule has 0 heterocycles. The van der Waals surface area contributed by atoms with E-state index in [0.29, 0.717) is 5.92 Å². The van der Waals surface area contributed by atoms with Crippen LogP contribution in [-0.2, 0) is 5.41 Å². The summed E-state index contributed by atoms with van der Waals surface area (Å²) in [6, 6.07) is 56.9. The van der Waals surface area contributed by atoms with Crippen molar-refractivity contribution in [1.29, 1.82) is 0 Å². The van der Waals surface area contributed by atoms with E-state index < -0.39 is 0 Å². The summed E-state index contributed by atoms with van der Waals surface area (Å²) in [6.45, 7) is 4.71. The number of nitrogens with zero attached hydrogens (tertiary/aromatic N) is 2. The number of para-hydroxylation sites is 4. The van der Waals surface area contributed by atoms with Crippen LogP contribution >= 0.6 is 0 Å². The van der Waals surface area contributed by atoms with Crippen molar-refractivity contribution in [2.75, 3.05) is 9.80 Å². The van der Waals surface area contributed by atoms with Crippen LogP contribution in [0.5, 0.6) is 0 Å². The molecule has 0 radical (unpaired) electrons. The average molecular weight is 661 g/mol. The molecule has 2 aliphatic carbocycles. The van der Waals surface area contributed by atoms with Gasteiger partial charge in [-0.05, 0) is 120 Å². The summed E-state index contributed by atoms with van der Waals surface area (Å²) < 4.78 is 0. The van der Waals surface area contributed by atoms with Gasteiger partial charge in [0.15, 0.2) is 0 Å². The highest BCUT2D eigenvalue weighted by Gasteiger charge is 2.41. The van der Waals surface area contributed by atoms with Crippen LogP contribution in [0.2, 0.25) is 0 Å². The largest absolute Gasteiger partial charge is 0.311 e. The van der Waals surface area contributed by atoms with Crippen LogP contribution in [0.1, 0.15) is 49.8 Å². The van der Waals surface area contributed by atoms with Gasteiger partial charge in [-0.2, -0.15) is 0 Å². The number of rotatable bonds is 10. The standard InChI is InChI=1S/C49H44N2/c1-3-49(4-2)47-35-38(26-25-37-27-30-43(31-28-37)50(39-17-9-5-10-18-39)40-19-11-6-12-20-40)29-33-45(47)46-34-32-44(36-48(46)49)51(41-21-13-7-14-22-41)42-23-15-8-16-24-42/h5-27,29-37H,3-4,28H2,1-2H3/b26-25+. The quantitative estimate of drug-likeness (QED) is 0.144. The molecule has 2 aliphatic rings. The fraction of sp³-hybridized carbons (Fsp3) is 0.143. The van der Waals surface area contributed by atoms with Gasteiger partial charge in [-0.1, -0.05) is 135 Å². The van der Waals surface area contributed by atoms with Crippen LogP contribution in [-0.4, -0.2) is 0 Å². The highest BCUT2D eigenvalue weighted by Crippen LogP contribution is 2.54. The minimum absolute atomic E-state index is 0.0374. The van der Waals surface area contributed by atoms with E-state index in [9.17, 15) is 0 Å². The maximum atomic E-state index is 2.46. The van der Waals surface area contributed by atoms with Gasteiger partial charge >= 0.3 is 0 Å². The Bertz CT molecular complexity index is 2110. The van der Waals surface area contributed by atoms with E-state index in [1.54, 1.807) is 0 Å². The van der Waals surface area contributed by atoms with Crippen LogP contribution in [0, 0.1) is 5.92 Å². The van der Waals surface area contributed by atoms with Gasteiger partial charge in [0.1, 0.15) is 0 Å². The summed E-state index contributed by atoms with van der Waals surface area (Å²) in [7, 11) is 0. The van der Waals surface area contributed by atoms with Crippen LogP contribution in [0.4, 0.5) is 28.4 Å². The third kappa shape index (κ3) is 6.12. The Morgan fingerprint density at radius 2 is 1.04 bits per heavy atom. The average Bonchev–Trinajstić information content (AvgIpc) is 3.48. The van der Waals surface area contributed by atoms with Crippen molar-refractivity contribution in [3.8, 4) is 11.1 Å². The lowest BCUT2D eigenvalue weighted by Gasteiger charge is -2.32. The Hall–Kier alpha value is -5.86. The summed E-state index contributed by atoms with van der Waals surface area (Å²) in [5.74, 6) is 0.347. The number of fused-ring (bicyclic) bond motifs is 3. The lowest BCUT2D eigenvalue weighted by molar-refractivity contribution is 0.490. The molecule has 1 atom stereocenters. The normalized spacial score (nSPS) is 15.6. The first-order chi connectivity index (χ1) is 25.2. The first kappa shape index (κ1) is 32.4. The molecule has 51 heavy (non-hydrogen) atoms. The molecule has 8 rings (SSSR count). The number of hydrogen-bond acceptors (Lipinski definition) is 2. The minimum Gasteiger partial charge on any atom is -0.311 e. The van der Waals surface area contributed by atoms with Crippen LogP contribution in [0.25, 0.3) is 17.2 Å². The van der Waals surface area contributed by atoms with E-state index in [4.69, 9.17) is 0 Å². The second kappa shape index (κ2) is 14.2. The van der Waals surface area contributed by atoms with E-state index in [0.717, 1.165) is 30.6 Å². The van der Waals surface area contributed by atoms with Crippen molar-refractivity contribution >= 4 is 34.5 Å². The summed E-state index contributed by atoms with van der Waals surface area (Å²) in [4.78, 5) is 4.72. The second-order valence-corrected chi connectivity index (χ2v) is 13.6. The number of benzene rings is 6. The predicted octanol–water partition coefficient (Wildman–Crippen LogP) is 13.6. The molecule has 0 aliphatic heterocycles. The summed E-state index contributed by atoms with van der Waals surface area (Å²) in [5.41, 5.74) is 13.9. The van der Waals surface area contributed by atoms with Gasteiger partial charge in [-0.25, -0.2) is 0 Å². The monoisotopic (exact) mass is 660 g/mol. The SMILES string of the molecule is CCC1(CC)c2cc(/C=C/C3C=CC(N(c4ccccc4)c4ccccc4)=CC3)ccc2-c2ccc(N(c3ccccc3)c3ccccc3)cc21. The molecule has 2 nitrogen and oxygen atoms in total. The van der Waals surface area contributed by atoms with Crippen LogP contribution in [0.15, 0.2) is 188 Å². The molecule has 6 aromatic carbocycles. The molecule has 0 bridgehead atoms. The van der Waals surface area contributed by atoms with Crippen molar-refractivity contribution < 1.29 is 0 Å².